The van der Waals surface area contributed by atoms with E-state index in [-0.39, 0.29) is 29.9 Å². The minimum atomic E-state index is -1.23. The van der Waals surface area contributed by atoms with E-state index in [9.17, 15) is 14.7 Å². The number of ketones is 1. The molecule has 1 atom stereocenters. The third-order valence-corrected chi connectivity index (χ3v) is 4.53. The summed E-state index contributed by atoms with van der Waals surface area (Å²) in [6, 6.07) is 7.14. The number of benzene rings is 2. The van der Waals surface area contributed by atoms with Crippen LogP contribution in [0.1, 0.15) is 43.1 Å². The molecule has 2 aliphatic rings. The molecule has 6 nitrogen and oxygen atoms in total. The molecule has 0 saturated carbocycles. The van der Waals surface area contributed by atoms with Crippen molar-refractivity contribution in [3.8, 4) is 11.5 Å². The summed E-state index contributed by atoms with van der Waals surface area (Å²) in [5.41, 5.74) is 0.778. The molecule has 1 fully saturated rings. The SMILES string of the molecule is CC(=O)c1c2c(c3ccccc3c1O)OC1(CC(=O)OC(C)(C)O1)C2. The molecule has 1 spiro atoms. The number of ether oxygens (including phenoxy) is 3. The number of cyclic esters (lactones) is 1. The average molecular weight is 342 g/mol. The number of rotatable bonds is 1. The lowest BCUT2D eigenvalue weighted by atomic mass is 9.92. The van der Waals surface area contributed by atoms with Crippen LogP contribution in [-0.2, 0) is 20.7 Å². The molecule has 0 amide bonds. The molecule has 2 heterocycles. The fraction of sp³-hybridized carbons (Fsp3) is 0.368. The van der Waals surface area contributed by atoms with Crippen LogP contribution in [0.2, 0.25) is 0 Å². The van der Waals surface area contributed by atoms with Gasteiger partial charge < -0.3 is 14.6 Å². The molecule has 2 aromatic carbocycles. The Bertz CT molecular complexity index is 929. The van der Waals surface area contributed by atoms with Crippen LogP contribution in [0.5, 0.6) is 11.5 Å². The Morgan fingerprint density at radius 3 is 2.44 bits per heavy atom. The first-order valence-corrected chi connectivity index (χ1v) is 8.10. The molecule has 1 unspecified atom stereocenters. The first kappa shape index (κ1) is 15.9. The highest BCUT2D eigenvalue weighted by atomic mass is 16.8. The summed E-state index contributed by atoms with van der Waals surface area (Å²) < 4.78 is 17.2. The van der Waals surface area contributed by atoms with Gasteiger partial charge in [-0.15, -0.1) is 0 Å². The molecule has 0 radical (unpaired) electrons. The van der Waals surface area contributed by atoms with E-state index in [2.05, 4.69) is 0 Å². The van der Waals surface area contributed by atoms with Crippen molar-refractivity contribution < 1.29 is 28.9 Å². The molecule has 6 heteroatoms. The minimum Gasteiger partial charge on any atom is -0.507 e. The molecule has 4 rings (SSSR count). The lowest BCUT2D eigenvalue weighted by Gasteiger charge is -2.40. The molecule has 1 N–H and O–H groups in total. The number of hydrogen-bond donors (Lipinski definition) is 1. The molecule has 0 aliphatic carbocycles. The number of phenolic OH excluding ortho intramolecular Hbond substituents is 1. The van der Waals surface area contributed by atoms with Gasteiger partial charge in [-0.05, 0) is 6.92 Å². The zero-order valence-electron chi connectivity index (χ0n) is 14.2. The highest BCUT2D eigenvalue weighted by Gasteiger charge is 2.53. The zero-order valence-corrected chi connectivity index (χ0v) is 14.2. The van der Waals surface area contributed by atoms with E-state index < -0.39 is 17.5 Å². The third-order valence-electron chi connectivity index (χ3n) is 4.53. The Morgan fingerprint density at radius 1 is 1.12 bits per heavy atom. The van der Waals surface area contributed by atoms with Crippen molar-refractivity contribution in [2.75, 3.05) is 0 Å². The highest BCUT2D eigenvalue weighted by Crippen LogP contribution is 2.50. The van der Waals surface area contributed by atoms with Crippen LogP contribution in [-0.4, -0.2) is 28.4 Å². The molecule has 130 valence electrons. The highest BCUT2D eigenvalue weighted by molar-refractivity contribution is 6.08. The second-order valence-corrected chi connectivity index (χ2v) is 6.98. The Balaban J connectivity index is 1.94. The number of carbonyl (C=O) groups is 2. The quantitative estimate of drug-likeness (QED) is 0.633. The molecule has 0 aromatic heterocycles. The van der Waals surface area contributed by atoms with E-state index in [1.165, 1.54) is 6.92 Å². The Labute approximate surface area is 144 Å². The van der Waals surface area contributed by atoms with Crippen molar-refractivity contribution in [1.82, 2.24) is 0 Å². The average Bonchev–Trinajstić information content (AvgIpc) is 2.82. The van der Waals surface area contributed by atoms with Crippen LogP contribution in [0.25, 0.3) is 10.8 Å². The largest absolute Gasteiger partial charge is 0.507 e. The molecular weight excluding hydrogens is 324 g/mol. The van der Waals surface area contributed by atoms with Crippen molar-refractivity contribution in [3.05, 3.63) is 35.4 Å². The van der Waals surface area contributed by atoms with Gasteiger partial charge in [-0.2, -0.15) is 0 Å². The molecular formula is C19H18O6. The fourth-order valence-electron chi connectivity index (χ4n) is 3.79. The van der Waals surface area contributed by atoms with Gasteiger partial charge in [0.05, 0.1) is 5.56 Å². The maximum atomic E-state index is 12.2. The maximum Gasteiger partial charge on any atom is 0.314 e. The normalized spacial score (nSPS) is 24.0. The van der Waals surface area contributed by atoms with Gasteiger partial charge in [0, 0.05) is 36.6 Å². The monoisotopic (exact) mass is 342 g/mol. The van der Waals surface area contributed by atoms with Gasteiger partial charge in [-0.1, -0.05) is 24.3 Å². The van der Waals surface area contributed by atoms with E-state index in [0.29, 0.717) is 22.1 Å². The van der Waals surface area contributed by atoms with Gasteiger partial charge in [0.25, 0.3) is 0 Å². The Morgan fingerprint density at radius 2 is 1.80 bits per heavy atom. The summed E-state index contributed by atoms with van der Waals surface area (Å²) in [6.45, 7) is 4.67. The zero-order chi connectivity index (χ0) is 18.0. The molecule has 2 aromatic rings. The van der Waals surface area contributed by atoms with E-state index >= 15 is 0 Å². The van der Waals surface area contributed by atoms with Crippen LogP contribution in [0, 0.1) is 0 Å². The summed E-state index contributed by atoms with van der Waals surface area (Å²) in [5.74, 6) is -2.66. The number of phenols is 1. The van der Waals surface area contributed by atoms with Gasteiger partial charge in [0.1, 0.15) is 17.9 Å². The fourth-order valence-corrected chi connectivity index (χ4v) is 3.79. The lowest BCUT2D eigenvalue weighted by molar-refractivity contribution is -0.333. The van der Waals surface area contributed by atoms with Crippen molar-refractivity contribution in [1.29, 1.82) is 0 Å². The number of fused-ring (bicyclic) bond motifs is 3. The van der Waals surface area contributed by atoms with Gasteiger partial charge in [-0.3, -0.25) is 14.3 Å². The van der Waals surface area contributed by atoms with Crippen LogP contribution in [0.4, 0.5) is 0 Å². The van der Waals surface area contributed by atoms with Crippen LogP contribution >= 0.6 is 0 Å². The standard InChI is InChI=1S/C19H18O6/c1-10(20)15-13-8-19(9-14(21)23-18(2,3)25-19)24-17(13)12-7-5-4-6-11(12)16(15)22/h4-7,22H,8-9H2,1-3H3. The van der Waals surface area contributed by atoms with Crippen molar-refractivity contribution in [3.63, 3.8) is 0 Å². The van der Waals surface area contributed by atoms with E-state index in [1.807, 2.05) is 12.1 Å². The van der Waals surface area contributed by atoms with E-state index in [4.69, 9.17) is 14.2 Å². The summed E-state index contributed by atoms with van der Waals surface area (Å²) >= 11 is 0. The Hall–Kier alpha value is -2.60. The summed E-state index contributed by atoms with van der Waals surface area (Å²) in [7, 11) is 0. The van der Waals surface area contributed by atoms with Crippen LogP contribution < -0.4 is 4.74 Å². The predicted molar refractivity (Wildman–Crippen MR) is 88.6 cm³/mol. The number of hydrogen-bond acceptors (Lipinski definition) is 6. The number of esters is 1. The topological polar surface area (TPSA) is 82.1 Å². The molecule has 0 bridgehead atoms. The summed E-state index contributed by atoms with van der Waals surface area (Å²) in [4.78, 5) is 24.2. The summed E-state index contributed by atoms with van der Waals surface area (Å²) in [6.07, 6.45) is 0.103. The molecule has 2 aliphatic heterocycles. The first-order chi connectivity index (χ1) is 11.7. The minimum absolute atomic E-state index is 0.0693. The molecule has 1 saturated heterocycles. The van der Waals surface area contributed by atoms with Gasteiger partial charge >= 0.3 is 5.97 Å². The second-order valence-electron chi connectivity index (χ2n) is 6.98. The number of Topliss-reactive ketones (excluding diaryl/α,β-unsaturated/α-hetero) is 1. The van der Waals surface area contributed by atoms with Crippen molar-refractivity contribution >= 4 is 22.5 Å². The smallest absolute Gasteiger partial charge is 0.314 e. The van der Waals surface area contributed by atoms with Crippen LogP contribution in [0.3, 0.4) is 0 Å². The van der Waals surface area contributed by atoms with Gasteiger partial charge in [0.2, 0.25) is 11.6 Å². The predicted octanol–water partition coefficient (Wildman–Crippen LogP) is 3.08. The number of carbonyl (C=O) groups excluding carboxylic acids is 2. The molecule has 25 heavy (non-hydrogen) atoms. The van der Waals surface area contributed by atoms with E-state index in [1.54, 1.807) is 26.0 Å². The van der Waals surface area contributed by atoms with Gasteiger partial charge in [-0.25, -0.2) is 0 Å². The van der Waals surface area contributed by atoms with Crippen LogP contribution in [0.15, 0.2) is 24.3 Å². The number of aromatic hydroxyl groups is 1. The lowest BCUT2D eigenvalue weighted by Crippen LogP contribution is -2.53. The Kier molecular flexibility index (Phi) is 3.15. The summed E-state index contributed by atoms with van der Waals surface area (Å²) in [5, 5.41) is 11.8. The van der Waals surface area contributed by atoms with Gasteiger partial charge in [0.15, 0.2) is 5.78 Å². The van der Waals surface area contributed by atoms with Crippen molar-refractivity contribution in [2.45, 2.75) is 45.2 Å². The second kappa shape index (κ2) is 4.95. The third kappa shape index (κ3) is 2.36. The van der Waals surface area contributed by atoms with E-state index in [0.717, 1.165) is 0 Å². The maximum absolute atomic E-state index is 12.2. The first-order valence-electron chi connectivity index (χ1n) is 8.10. The van der Waals surface area contributed by atoms with Crippen molar-refractivity contribution in [2.24, 2.45) is 0 Å².